The van der Waals surface area contributed by atoms with Crippen molar-refractivity contribution in [3.05, 3.63) is 350 Å². The molecule has 512 valence electrons. The maximum Gasteiger partial charge on any atom is 3.00 e. The van der Waals surface area contributed by atoms with Crippen molar-refractivity contribution in [1.29, 1.82) is 0 Å². The van der Waals surface area contributed by atoms with Gasteiger partial charge in [0.05, 0.1) is 11.3 Å². The molecule has 16 rings (SSSR count). The molecule has 0 bridgehead atoms. The van der Waals surface area contributed by atoms with Crippen LogP contribution in [-0.4, -0.2) is 54.3 Å². The van der Waals surface area contributed by atoms with Crippen LogP contribution in [0.1, 0.15) is 72.9 Å². The van der Waals surface area contributed by atoms with Gasteiger partial charge in [-0.3, -0.25) is 4.98 Å². The second-order valence-electron chi connectivity index (χ2n) is 23.7. The number of aryl methyl sites for hydroxylation is 4. The molecule has 0 aliphatic rings. The van der Waals surface area contributed by atoms with E-state index in [1.165, 1.54) is 33.4 Å². The first-order valence-electron chi connectivity index (χ1n) is 33.1. The summed E-state index contributed by atoms with van der Waals surface area (Å²) in [5, 5.41) is 18.5. The van der Waals surface area contributed by atoms with E-state index in [0.717, 1.165) is 126 Å². The van der Waals surface area contributed by atoms with Crippen molar-refractivity contribution < 1.29 is 59.3 Å². The summed E-state index contributed by atoms with van der Waals surface area (Å²) in [7, 11) is 2.00. The number of aliphatic hydroxyl groups excluding tert-OH is 2. The molecule has 0 atom stereocenters. The van der Waals surface area contributed by atoms with Crippen molar-refractivity contribution in [3.8, 4) is 67.5 Å². The van der Waals surface area contributed by atoms with E-state index >= 15 is 0 Å². The molecule has 8 aromatic heterocycles. The van der Waals surface area contributed by atoms with Crippen molar-refractivity contribution in [2.75, 3.05) is 14.2 Å². The first kappa shape index (κ1) is 78.8. The Balaban J connectivity index is 0.000000172. The Kier molecular flexibility index (Phi) is 31.4. The zero-order chi connectivity index (χ0) is 70.6. The number of aliphatic hydroxyl groups is 2. The average Bonchev–Trinajstić information content (AvgIpc) is 1.62. The van der Waals surface area contributed by atoms with Gasteiger partial charge in [0.2, 0.25) is 0 Å². The van der Waals surface area contributed by atoms with Crippen molar-refractivity contribution in [1.82, 2.24) is 29.9 Å². The zero-order valence-electron chi connectivity index (χ0n) is 58.9. The molecule has 0 aliphatic heterocycles. The number of nitrogens with zero attached hydrogens (tertiary/aromatic N) is 6. The van der Waals surface area contributed by atoms with Gasteiger partial charge in [-0.05, 0) is 132 Å². The second-order valence-corrected chi connectivity index (χ2v) is 23.7. The Labute approximate surface area is 627 Å². The fourth-order valence-corrected chi connectivity index (χ4v) is 10.4. The van der Waals surface area contributed by atoms with Gasteiger partial charge in [-0.1, -0.05) is 147 Å². The maximum absolute atomic E-state index is 7.00. The Hall–Kier alpha value is -10.5. The molecule has 0 amide bonds. The molecule has 8 heterocycles. The fraction of sp³-hybridized carbons (Fsp3) is 0.133. The third-order valence-electron chi connectivity index (χ3n) is 15.8. The molecule has 12 heteroatoms. The van der Waals surface area contributed by atoms with Gasteiger partial charge in [-0.25, -0.2) is 0 Å². The predicted molar refractivity (Wildman–Crippen MR) is 410 cm³/mol. The summed E-state index contributed by atoms with van der Waals surface area (Å²) in [4.78, 5) is 26.3. The Morgan fingerprint density at radius 1 is 0.304 bits per heavy atom. The van der Waals surface area contributed by atoms with Gasteiger partial charge >= 0.3 is 40.2 Å². The van der Waals surface area contributed by atoms with Crippen LogP contribution in [0.4, 0.5) is 0 Å². The molecule has 102 heavy (non-hydrogen) atoms. The average molecular weight is 1700 g/mol. The molecule has 0 radical (unpaired) electrons. The van der Waals surface area contributed by atoms with Crippen molar-refractivity contribution >= 4 is 43.9 Å². The van der Waals surface area contributed by atoms with Gasteiger partial charge in [0.1, 0.15) is 16.7 Å². The minimum absolute atomic E-state index is 0. The number of para-hydroxylation sites is 3. The zero-order valence-corrected chi connectivity index (χ0v) is 63.6. The first-order valence-corrected chi connectivity index (χ1v) is 33.1. The van der Waals surface area contributed by atoms with Crippen LogP contribution in [0.15, 0.2) is 295 Å². The summed E-state index contributed by atoms with van der Waals surface area (Å²) >= 11 is 0. The minimum Gasteiger partial charge on any atom is -0.501 e. The molecule has 10 nitrogen and oxygen atoms in total. The summed E-state index contributed by atoms with van der Waals surface area (Å²) < 4.78 is 12.2. The Morgan fingerprint density at radius 3 is 1.01 bits per heavy atom. The van der Waals surface area contributed by atoms with Crippen LogP contribution in [0.5, 0.6) is 0 Å². The molecule has 8 aromatic carbocycles. The first-order chi connectivity index (χ1) is 48.9. The van der Waals surface area contributed by atoms with Crippen molar-refractivity contribution in [3.63, 3.8) is 0 Å². The standard InChI is InChI=1S/C20H17NO.C20H16NO.4C12H10N.2CH4O.2Ir/c2*1-13(2)14-10-11-21-18(12-14)17-8-5-7-16-15-6-3-4-9-19(15)22-20(16)17;4*1-10-7-8-12(13-9-10)11-5-3-2-4-6-11;2*1-2;;/h3-13H,1-2H3;3-7,9-13H,1-2H3;4*2-5,7-9H,1H3;2*2H,1H3;;/q;5*-1;;;2*+3. The van der Waals surface area contributed by atoms with E-state index in [9.17, 15) is 0 Å². The van der Waals surface area contributed by atoms with Gasteiger partial charge in [0.25, 0.3) is 0 Å². The predicted octanol–water partition coefficient (Wildman–Crippen LogP) is 22.0. The van der Waals surface area contributed by atoms with Crippen molar-refractivity contribution in [2.45, 2.75) is 67.2 Å². The quantitative estimate of drug-likeness (QED) is 0.141. The van der Waals surface area contributed by atoms with E-state index in [1.807, 2.05) is 229 Å². The van der Waals surface area contributed by atoms with Crippen LogP contribution in [0.25, 0.3) is 111 Å². The second kappa shape index (κ2) is 40.7. The molecule has 0 saturated heterocycles. The summed E-state index contributed by atoms with van der Waals surface area (Å²) in [6.45, 7) is 16.9. The van der Waals surface area contributed by atoms with Gasteiger partial charge in [0.15, 0.2) is 0 Å². The normalized spacial score (nSPS) is 10.2. The summed E-state index contributed by atoms with van der Waals surface area (Å²) in [6, 6.07) is 98.6. The van der Waals surface area contributed by atoms with E-state index in [-0.39, 0.29) is 40.2 Å². The van der Waals surface area contributed by atoms with Gasteiger partial charge in [-0.15, -0.1) is 162 Å². The van der Waals surface area contributed by atoms with E-state index in [2.05, 4.69) is 173 Å². The SMILES string of the molecule is CC(C)c1ccnc(-c2[c-]ccc3c2oc2ccccc23)c1.CC(C)c1ccnc(-c2cccc3c2oc2ccccc23)c1.CO.CO.Cc1ccc(-c2[c-]cccc2)nc1.Cc1ccc(-c2[c-]cccc2)nc1.Cc1ccc(-c2[c-]cccc2)nc1.Cc1ccc(-c2[c-]cccc2)nc1.[Ir+3].[Ir+3]. The molecular formula is C90H81Ir2N6O4+. The van der Waals surface area contributed by atoms with Gasteiger partial charge in [-0.2, -0.15) is 0 Å². The number of pyridine rings is 6. The molecular weight excluding hydrogens is 1610 g/mol. The van der Waals surface area contributed by atoms with Crippen LogP contribution in [0.2, 0.25) is 0 Å². The summed E-state index contributed by atoms with van der Waals surface area (Å²) in [5.41, 5.74) is 22.8. The topological polar surface area (TPSA) is 144 Å². The van der Waals surface area contributed by atoms with Crippen LogP contribution >= 0.6 is 0 Å². The molecule has 0 fully saturated rings. The number of aromatic nitrogens is 6. The van der Waals surface area contributed by atoms with E-state index in [4.69, 9.17) is 19.0 Å². The van der Waals surface area contributed by atoms with Gasteiger partial charge < -0.3 is 44.0 Å². The monoisotopic (exact) mass is 1700 g/mol. The van der Waals surface area contributed by atoms with E-state index in [1.54, 1.807) is 0 Å². The molecule has 0 aliphatic carbocycles. The molecule has 0 saturated carbocycles. The smallest absolute Gasteiger partial charge is 0.501 e. The number of benzene rings is 8. The molecule has 16 aromatic rings. The maximum atomic E-state index is 7.00. The number of hydrogen-bond acceptors (Lipinski definition) is 10. The molecule has 2 N–H and O–H groups in total. The number of fused-ring (bicyclic) bond motifs is 6. The minimum atomic E-state index is 0. The fourth-order valence-electron chi connectivity index (χ4n) is 10.4. The van der Waals surface area contributed by atoms with E-state index in [0.29, 0.717) is 11.8 Å². The molecule has 0 spiro atoms. The third-order valence-corrected chi connectivity index (χ3v) is 15.8. The Bertz CT molecular complexity index is 4590. The van der Waals surface area contributed by atoms with Crippen LogP contribution in [0, 0.1) is 58.0 Å². The number of hydrogen-bond donors (Lipinski definition) is 2. The van der Waals surface area contributed by atoms with Gasteiger partial charge in [0, 0.05) is 73.1 Å². The van der Waals surface area contributed by atoms with Crippen molar-refractivity contribution in [2.24, 2.45) is 0 Å². The number of furan rings is 2. The third kappa shape index (κ3) is 21.7. The Morgan fingerprint density at radius 2 is 0.647 bits per heavy atom. The number of rotatable bonds is 8. The summed E-state index contributed by atoms with van der Waals surface area (Å²) in [5.74, 6) is 0.952. The van der Waals surface area contributed by atoms with E-state index < -0.39 is 0 Å². The van der Waals surface area contributed by atoms with Crippen LogP contribution < -0.4 is 0 Å². The largest absolute Gasteiger partial charge is 3.00 e. The summed E-state index contributed by atoms with van der Waals surface area (Å²) in [6.07, 6.45) is 11.2. The molecule has 0 unspecified atom stereocenters. The van der Waals surface area contributed by atoms with Crippen LogP contribution in [-0.2, 0) is 40.2 Å². The van der Waals surface area contributed by atoms with Crippen LogP contribution in [0.3, 0.4) is 0 Å².